The molecule has 3 N–H and O–H groups in total. The van der Waals surface area contributed by atoms with Gasteiger partial charge in [0, 0.05) is 29.0 Å². The Hall–Kier alpha value is -3.41. The first kappa shape index (κ1) is 14.2. The van der Waals surface area contributed by atoms with Gasteiger partial charge in [0.25, 0.3) is 0 Å². The number of hydrogen-bond donors (Lipinski definition) is 2. The van der Waals surface area contributed by atoms with Crippen LogP contribution in [-0.4, -0.2) is 14.5 Å². The molecule has 0 fully saturated rings. The highest BCUT2D eigenvalue weighted by molar-refractivity contribution is 5.86. The summed E-state index contributed by atoms with van der Waals surface area (Å²) in [6.07, 6.45) is 3.38. The lowest BCUT2D eigenvalue weighted by atomic mass is 10.2. The van der Waals surface area contributed by atoms with E-state index in [-0.39, 0.29) is 5.82 Å². The summed E-state index contributed by atoms with van der Waals surface area (Å²) < 4.78 is 15.1. The van der Waals surface area contributed by atoms with Gasteiger partial charge in [0.2, 0.25) is 0 Å². The van der Waals surface area contributed by atoms with Crippen LogP contribution >= 0.6 is 0 Å². The lowest BCUT2D eigenvalue weighted by molar-refractivity contribution is 0.627. The summed E-state index contributed by atoms with van der Waals surface area (Å²) in [5, 5.41) is 4.30. The minimum absolute atomic E-state index is 0.251. The lowest BCUT2D eigenvalue weighted by Crippen LogP contribution is -1.98. The van der Waals surface area contributed by atoms with E-state index in [1.165, 1.54) is 18.5 Å². The average Bonchev–Trinajstić information content (AvgIpc) is 2.99. The molecule has 0 aliphatic rings. The predicted octanol–water partition coefficient (Wildman–Crippen LogP) is 3.89. The molecule has 0 aliphatic heterocycles. The molecule has 2 aromatic carbocycles. The molecule has 24 heavy (non-hydrogen) atoms. The molecule has 0 saturated carbocycles. The fourth-order valence-electron chi connectivity index (χ4n) is 2.62. The Balaban J connectivity index is 1.74. The molecule has 0 spiro atoms. The predicted molar refractivity (Wildman–Crippen MR) is 93.0 cm³/mol. The normalized spacial score (nSPS) is 10.9. The number of nitrogens with one attached hydrogen (secondary N) is 1. The number of benzene rings is 2. The van der Waals surface area contributed by atoms with Crippen molar-refractivity contribution in [3.8, 4) is 5.69 Å². The zero-order valence-electron chi connectivity index (χ0n) is 12.6. The molecule has 6 heteroatoms. The Morgan fingerprint density at radius 3 is 2.58 bits per heavy atom. The van der Waals surface area contributed by atoms with Gasteiger partial charge in [-0.15, -0.1) is 0 Å². The first-order valence-corrected chi connectivity index (χ1v) is 7.41. The quantitative estimate of drug-likeness (QED) is 0.601. The van der Waals surface area contributed by atoms with E-state index in [0.29, 0.717) is 11.6 Å². The standard InChI is InChI=1S/C18H14FN5/c19-13-2-5-15(6-3-13)24-8-7-12-1-4-14(9-16(12)24)23-18-10-17(20)21-11-22-18/h1-11H,(H3,20,21,22,23). The van der Waals surface area contributed by atoms with E-state index in [2.05, 4.69) is 15.3 Å². The molecule has 2 heterocycles. The molecule has 2 aromatic heterocycles. The van der Waals surface area contributed by atoms with Crippen LogP contribution in [0.15, 0.2) is 67.1 Å². The number of aromatic nitrogens is 3. The van der Waals surface area contributed by atoms with Crippen LogP contribution in [0.25, 0.3) is 16.6 Å². The van der Waals surface area contributed by atoms with Gasteiger partial charge in [-0.3, -0.25) is 0 Å². The fraction of sp³-hybridized carbons (Fsp3) is 0. The molecule has 0 radical (unpaired) electrons. The zero-order valence-corrected chi connectivity index (χ0v) is 12.6. The van der Waals surface area contributed by atoms with E-state index in [0.717, 1.165) is 22.3 Å². The summed E-state index contributed by atoms with van der Waals surface area (Å²) in [7, 11) is 0. The highest BCUT2D eigenvalue weighted by Gasteiger charge is 2.06. The number of rotatable bonds is 3. The maximum atomic E-state index is 13.1. The van der Waals surface area contributed by atoms with Crippen molar-refractivity contribution in [2.24, 2.45) is 0 Å². The first-order chi connectivity index (χ1) is 11.7. The van der Waals surface area contributed by atoms with Gasteiger partial charge in [0.15, 0.2) is 0 Å². The largest absolute Gasteiger partial charge is 0.384 e. The number of nitrogens with two attached hydrogens (primary N) is 1. The molecule has 4 rings (SSSR count). The molecule has 0 saturated heterocycles. The van der Waals surface area contributed by atoms with E-state index in [9.17, 15) is 4.39 Å². The smallest absolute Gasteiger partial charge is 0.135 e. The Labute approximate surface area is 137 Å². The summed E-state index contributed by atoms with van der Waals surface area (Å²) in [4.78, 5) is 8.02. The van der Waals surface area contributed by atoms with Crippen molar-refractivity contribution in [2.75, 3.05) is 11.1 Å². The Morgan fingerprint density at radius 2 is 1.79 bits per heavy atom. The van der Waals surface area contributed by atoms with Crippen LogP contribution in [0, 0.1) is 5.82 Å². The van der Waals surface area contributed by atoms with Crippen molar-refractivity contribution in [1.29, 1.82) is 0 Å². The Bertz CT molecular complexity index is 1010. The Morgan fingerprint density at radius 1 is 0.958 bits per heavy atom. The number of anilines is 3. The molecule has 0 bridgehead atoms. The van der Waals surface area contributed by atoms with Crippen molar-refractivity contribution in [3.05, 3.63) is 72.9 Å². The van der Waals surface area contributed by atoms with E-state index in [4.69, 9.17) is 5.73 Å². The fourth-order valence-corrected chi connectivity index (χ4v) is 2.62. The summed E-state index contributed by atoms with van der Waals surface area (Å²) in [6, 6.07) is 16.1. The van der Waals surface area contributed by atoms with Gasteiger partial charge in [0.1, 0.15) is 23.8 Å². The van der Waals surface area contributed by atoms with E-state index < -0.39 is 0 Å². The molecule has 0 aliphatic carbocycles. The van der Waals surface area contributed by atoms with Crippen LogP contribution in [0.5, 0.6) is 0 Å². The van der Waals surface area contributed by atoms with Crippen LogP contribution < -0.4 is 11.1 Å². The van der Waals surface area contributed by atoms with Gasteiger partial charge >= 0.3 is 0 Å². The highest BCUT2D eigenvalue weighted by Crippen LogP contribution is 2.25. The van der Waals surface area contributed by atoms with Crippen LogP contribution in [0.2, 0.25) is 0 Å². The summed E-state index contributed by atoms with van der Waals surface area (Å²) in [5.41, 5.74) is 8.46. The average molecular weight is 319 g/mol. The van der Waals surface area contributed by atoms with Gasteiger partial charge in [-0.05, 0) is 42.5 Å². The van der Waals surface area contributed by atoms with Crippen LogP contribution in [0.4, 0.5) is 21.7 Å². The summed E-state index contributed by atoms with van der Waals surface area (Å²) >= 11 is 0. The second-order valence-corrected chi connectivity index (χ2v) is 5.39. The first-order valence-electron chi connectivity index (χ1n) is 7.41. The molecule has 5 nitrogen and oxygen atoms in total. The molecule has 4 aromatic rings. The van der Waals surface area contributed by atoms with Crippen LogP contribution in [0.3, 0.4) is 0 Å². The number of halogens is 1. The number of fused-ring (bicyclic) bond motifs is 1. The van der Waals surface area contributed by atoms with Gasteiger partial charge in [0.05, 0.1) is 5.52 Å². The van der Waals surface area contributed by atoms with E-state index in [1.807, 2.05) is 35.0 Å². The third kappa shape index (κ3) is 2.65. The maximum absolute atomic E-state index is 13.1. The van der Waals surface area contributed by atoms with Crippen molar-refractivity contribution in [3.63, 3.8) is 0 Å². The third-order valence-corrected chi connectivity index (χ3v) is 3.76. The highest BCUT2D eigenvalue weighted by atomic mass is 19.1. The minimum atomic E-state index is -0.251. The van der Waals surface area contributed by atoms with Gasteiger partial charge in [-0.25, -0.2) is 14.4 Å². The summed E-state index contributed by atoms with van der Waals surface area (Å²) in [5.74, 6) is 0.781. The SMILES string of the molecule is Nc1cc(Nc2ccc3ccn(-c4ccc(F)cc4)c3c2)ncn1. The maximum Gasteiger partial charge on any atom is 0.135 e. The Kier molecular flexibility index (Phi) is 3.35. The van der Waals surface area contributed by atoms with Crippen LogP contribution in [-0.2, 0) is 0 Å². The topological polar surface area (TPSA) is 68.8 Å². The van der Waals surface area contributed by atoms with Gasteiger partial charge in [-0.1, -0.05) is 6.07 Å². The number of nitrogen functional groups attached to an aromatic ring is 1. The lowest BCUT2D eigenvalue weighted by Gasteiger charge is -2.09. The monoisotopic (exact) mass is 319 g/mol. The second-order valence-electron chi connectivity index (χ2n) is 5.39. The molecular formula is C18H14FN5. The van der Waals surface area contributed by atoms with E-state index in [1.54, 1.807) is 18.2 Å². The minimum Gasteiger partial charge on any atom is -0.384 e. The third-order valence-electron chi connectivity index (χ3n) is 3.76. The van der Waals surface area contributed by atoms with Gasteiger partial charge in [-0.2, -0.15) is 0 Å². The molecule has 0 atom stereocenters. The molecule has 0 unspecified atom stereocenters. The van der Waals surface area contributed by atoms with E-state index >= 15 is 0 Å². The van der Waals surface area contributed by atoms with Gasteiger partial charge < -0.3 is 15.6 Å². The molecular weight excluding hydrogens is 305 g/mol. The number of hydrogen-bond acceptors (Lipinski definition) is 4. The van der Waals surface area contributed by atoms with Crippen molar-refractivity contribution >= 4 is 28.2 Å². The van der Waals surface area contributed by atoms with Crippen molar-refractivity contribution in [1.82, 2.24) is 14.5 Å². The molecule has 118 valence electrons. The van der Waals surface area contributed by atoms with Crippen molar-refractivity contribution in [2.45, 2.75) is 0 Å². The summed E-state index contributed by atoms with van der Waals surface area (Å²) in [6.45, 7) is 0. The van der Waals surface area contributed by atoms with Crippen LogP contribution in [0.1, 0.15) is 0 Å². The zero-order chi connectivity index (χ0) is 16.5. The number of nitrogens with zero attached hydrogens (tertiary/aromatic N) is 3. The second kappa shape index (κ2) is 5.66. The molecule has 0 amide bonds. The van der Waals surface area contributed by atoms with Crippen molar-refractivity contribution < 1.29 is 4.39 Å².